The third kappa shape index (κ3) is 6.80. The standard InChI is InChI=1S/C15H18F3NO3/c16-15(17,18)22-13-5-3-11(4-6-13)9-14(20)19-7-8-21-10-12-1-2-12/h3-6,12H,1-2,7-10H2,(H,19,20). The molecular weight excluding hydrogens is 299 g/mol. The van der Waals surface area contributed by atoms with Crippen LogP contribution >= 0.6 is 0 Å². The van der Waals surface area contributed by atoms with Crippen molar-refractivity contribution in [3.63, 3.8) is 0 Å². The highest BCUT2D eigenvalue weighted by molar-refractivity contribution is 5.78. The summed E-state index contributed by atoms with van der Waals surface area (Å²) < 4.78 is 45.2. The number of benzene rings is 1. The van der Waals surface area contributed by atoms with E-state index in [1.807, 2.05) is 0 Å². The normalized spacial score (nSPS) is 14.7. The summed E-state index contributed by atoms with van der Waals surface area (Å²) >= 11 is 0. The van der Waals surface area contributed by atoms with Crippen LogP contribution in [0.1, 0.15) is 18.4 Å². The first-order valence-corrected chi connectivity index (χ1v) is 7.11. The Morgan fingerprint density at radius 3 is 2.50 bits per heavy atom. The Bertz CT molecular complexity index is 484. The van der Waals surface area contributed by atoms with Crippen LogP contribution < -0.4 is 10.1 Å². The molecule has 0 unspecified atom stereocenters. The zero-order valence-electron chi connectivity index (χ0n) is 12.0. The van der Waals surface area contributed by atoms with Crippen molar-refractivity contribution in [2.45, 2.75) is 25.6 Å². The number of alkyl halides is 3. The Labute approximate surface area is 126 Å². The average Bonchev–Trinajstić information content (AvgIpc) is 3.23. The fraction of sp³-hybridized carbons (Fsp3) is 0.533. The molecule has 1 aliphatic carbocycles. The van der Waals surface area contributed by atoms with Gasteiger partial charge in [0.1, 0.15) is 5.75 Å². The van der Waals surface area contributed by atoms with Gasteiger partial charge in [0.2, 0.25) is 5.91 Å². The van der Waals surface area contributed by atoms with E-state index >= 15 is 0 Å². The number of ether oxygens (including phenoxy) is 2. The maximum absolute atomic E-state index is 12.0. The highest BCUT2D eigenvalue weighted by atomic mass is 19.4. The molecule has 1 N–H and O–H groups in total. The molecule has 122 valence electrons. The number of carbonyl (C=O) groups excluding carboxylic acids is 1. The summed E-state index contributed by atoms with van der Waals surface area (Å²) in [6.45, 7) is 1.65. The molecule has 1 amide bonds. The summed E-state index contributed by atoms with van der Waals surface area (Å²) in [5.74, 6) is 0.192. The highest BCUT2D eigenvalue weighted by Crippen LogP contribution is 2.28. The van der Waals surface area contributed by atoms with Gasteiger partial charge >= 0.3 is 6.36 Å². The van der Waals surface area contributed by atoms with E-state index in [2.05, 4.69) is 10.1 Å². The number of rotatable bonds is 8. The van der Waals surface area contributed by atoms with Crippen LogP contribution in [0.15, 0.2) is 24.3 Å². The van der Waals surface area contributed by atoms with Crippen LogP contribution in [-0.4, -0.2) is 32.0 Å². The lowest BCUT2D eigenvalue weighted by atomic mass is 10.1. The minimum atomic E-state index is -4.71. The number of nitrogens with one attached hydrogen (secondary N) is 1. The van der Waals surface area contributed by atoms with E-state index in [4.69, 9.17) is 4.74 Å². The Morgan fingerprint density at radius 2 is 1.91 bits per heavy atom. The minimum absolute atomic E-state index is 0.106. The molecule has 0 spiro atoms. The van der Waals surface area contributed by atoms with E-state index in [1.54, 1.807) is 0 Å². The number of carbonyl (C=O) groups is 1. The van der Waals surface area contributed by atoms with Gasteiger partial charge in [-0.2, -0.15) is 0 Å². The molecule has 1 saturated carbocycles. The average molecular weight is 317 g/mol. The molecule has 7 heteroatoms. The Morgan fingerprint density at radius 1 is 1.23 bits per heavy atom. The summed E-state index contributed by atoms with van der Waals surface area (Å²) in [4.78, 5) is 11.7. The summed E-state index contributed by atoms with van der Waals surface area (Å²) in [7, 11) is 0. The molecule has 4 nitrogen and oxygen atoms in total. The first-order chi connectivity index (χ1) is 10.4. The lowest BCUT2D eigenvalue weighted by molar-refractivity contribution is -0.274. The van der Waals surface area contributed by atoms with Gasteiger partial charge in [-0.3, -0.25) is 4.79 Å². The van der Waals surface area contributed by atoms with Gasteiger partial charge in [0.05, 0.1) is 13.0 Å². The molecule has 0 saturated heterocycles. The van der Waals surface area contributed by atoms with E-state index in [-0.39, 0.29) is 18.1 Å². The molecule has 0 aromatic heterocycles. The Kier molecular flexibility index (Phi) is 5.65. The zero-order valence-corrected chi connectivity index (χ0v) is 12.0. The molecule has 2 rings (SSSR count). The van der Waals surface area contributed by atoms with Crippen molar-refractivity contribution in [1.82, 2.24) is 5.32 Å². The van der Waals surface area contributed by atoms with Crippen molar-refractivity contribution >= 4 is 5.91 Å². The second-order valence-corrected chi connectivity index (χ2v) is 5.24. The van der Waals surface area contributed by atoms with Crippen LogP contribution in [0.5, 0.6) is 5.75 Å². The first kappa shape index (κ1) is 16.6. The maximum Gasteiger partial charge on any atom is 0.573 e. The maximum atomic E-state index is 12.0. The molecule has 1 aromatic rings. The van der Waals surface area contributed by atoms with Crippen LogP contribution in [0.4, 0.5) is 13.2 Å². The summed E-state index contributed by atoms with van der Waals surface area (Å²) in [6.07, 6.45) is -2.16. The van der Waals surface area contributed by atoms with E-state index in [0.717, 1.165) is 6.61 Å². The quantitative estimate of drug-likeness (QED) is 0.750. The molecule has 22 heavy (non-hydrogen) atoms. The smallest absolute Gasteiger partial charge is 0.406 e. The highest BCUT2D eigenvalue weighted by Gasteiger charge is 2.30. The van der Waals surface area contributed by atoms with E-state index in [0.29, 0.717) is 24.6 Å². The van der Waals surface area contributed by atoms with Crippen molar-refractivity contribution in [3.8, 4) is 5.75 Å². The third-order valence-corrected chi connectivity index (χ3v) is 3.14. The van der Waals surface area contributed by atoms with Gasteiger partial charge < -0.3 is 14.8 Å². The van der Waals surface area contributed by atoms with E-state index in [1.165, 1.54) is 37.1 Å². The first-order valence-electron chi connectivity index (χ1n) is 7.11. The van der Waals surface area contributed by atoms with Crippen molar-refractivity contribution in [2.24, 2.45) is 5.92 Å². The molecule has 0 bridgehead atoms. The zero-order chi connectivity index (χ0) is 16.0. The molecule has 0 heterocycles. The van der Waals surface area contributed by atoms with Crippen LogP contribution in [0.3, 0.4) is 0 Å². The largest absolute Gasteiger partial charge is 0.573 e. The third-order valence-electron chi connectivity index (χ3n) is 3.14. The predicted octanol–water partition coefficient (Wildman–Crippen LogP) is 2.67. The molecule has 0 aliphatic heterocycles. The summed E-state index contributed by atoms with van der Waals surface area (Å²) in [5.41, 5.74) is 0.617. The monoisotopic (exact) mass is 317 g/mol. The molecule has 0 atom stereocenters. The van der Waals surface area contributed by atoms with Crippen molar-refractivity contribution in [2.75, 3.05) is 19.8 Å². The molecule has 1 fully saturated rings. The minimum Gasteiger partial charge on any atom is -0.406 e. The fourth-order valence-electron chi connectivity index (χ4n) is 1.85. The van der Waals surface area contributed by atoms with Gasteiger partial charge in [-0.15, -0.1) is 13.2 Å². The van der Waals surface area contributed by atoms with Crippen LogP contribution in [0.2, 0.25) is 0 Å². The van der Waals surface area contributed by atoms with Gasteiger partial charge in [-0.1, -0.05) is 12.1 Å². The van der Waals surface area contributed by atoms with Gasteiger partial charge in [-0.05, 0) is 36.5 Å². The lowest BCUT2D eigenvalue weighted by Gasteiger charge is -2.09. The number of amides is 1. The van der Waals surface area contributed by atoms with Gasteiger partial charge in [0.25, 0.3) is 0 Å². The topological polar surface area (TPSA) is 47.6 Å². The van der Waals surface area contributed by atoms with Crippen molar-refractivity contribution in [3.05, 3.63) is 29.8 Å². The second kappa shape index (κ2) is 7.49. The molecule has 1 aromatic carbocycles. The lowest BCUT2D eigenvalue weighted by Crippen LogP contribution is -2.28. The summed E-state index contributed by atoms with van der Waals surface area (Å²) in [6, 6.07) is 5.25. The SMILES string of the molecule is O=C(Cc1ccc(OC(F)(F)F)cc1)NCCOCC1CC1. The Hall–Kier alpha value is -1.76. The fourth-order valence-corrected chi connectivity index (χ4v) is 1.85. The second-order valence-electron chi connectivity index (χ2n) is 5.24. The van der Waals surface area contributed by atoms with Gasteiger partial charge in [0.15, 0.2) is 0 Å². The van der Waals surface area contributed by atoms with Crippen molar-refractivity contribution < 1.29 is 27.4 Å². The summed E-state index contributed by atoms with van der Waals surface area (Å²) in [5, 5.41) is 2.70. The van der Waals surface area contributed by atoms with E-state index in [9.17, 15) is 18.0 Å². The van der Waals surface area contributed by atoms with Gasteiger partial charge in [-0.25, -0.2) is 0 Å². The molecule has 1 aliphatic rings. The Balaban J connectivity index is 1.64. The van der Waals surface area contributed by atoms with E-state index < -0.39 is 6.36 Å². The predicted molar refractivity (Wildman–Crippen MR) is 73.4 cm³/mol. The van der Waals surface area contributed by atoms with Crippen molar-refractivity contribution in [1.29, 1.82) is 0 Å². The van der Waals surface area contributed by atoms with Crippen LogP contribution in [0, 0.1) is 5.92 Å². The number of hydrogen-bond donors (Lipinski definition) is 1. The molecular formula is C15H18F3NO3. The number of hydrogen-bond acceptors (Lipinski definition) is 3. The van der Waals surface area contributed by atoms with Gasteiger partial charge in [0, 0.05) is 13.2 Å². The van der Waals surface area contributed by atoms with Crippen LogP contribution in [0.25, 0.3) is 0 Å². The van der Waals surface area contributed by atoms with Crippen LogP contribution in [-0.2, 0) is 16.0 Å². The number of halogens is 3. The molecule has 0 radical (unpaired) electrons.